The summed E-state index contributed by atoms with van der Waals surface area (Å²) in [4.78, 5) is 14.2. The highest BCUT2D eigenvalue weighted by atomic mass is 32.2. The molecule has 154 valence electrons. The largest absolute Gasteiger partial charge is 0.495 e. The summed E-state index contributed by atoms with van der Waals surface area (Å²) >= 11 is 0. The minimum absolute atomic E-state index is 0.0242. The molecule has 0 spiro atoms. The van der Waals surface area contributed by atoms with Crippen LogP contribution in [0.15, 0.2) is 53.4 Å². The summed E-state index contributed by atoms with van der Waals surface area (Å²) in [5.74, 6) is -0.444. The lowest BCUT2D eigenvalue weighted by Crippen LogP contribution is -2.43. The van der Waals surface area contributed by atoms with Crippen molar-refractivity contribution in [2.24, 2.45) is 11.8 Å². The standard InChI is InChI=1S/C21H23FN2O4S/c1-28-19-8-7-18(22)10-20(19)29(26,27)24-13-16-9-21(25)23(12-17(16)14-24)11-15-5-3-2-4-6-15/h2-8,10,16-17H,9,11-14H2,1H3/t16-,17+/m0/s1. The van der Waals surface area contributed by atoms with E-state index < -0.39 is 15.8 Å². The number of ether oxygens (including phenoxy) is 1. The van der Waals surface area contributed by atoms with Crippen molar-refractivity contribution in [2.45, 2.75) is 17.9 Å². The smallest absolute Gasteiger partial charge is 0.246 e. The van der Waals surface area contributed by atoms with Crippen LogP contribution in [-0.2, 0) is 21.4 Å². The molecule has 0 saturated carbocycles. The highest BCUT2D eigenvalue weighted by Gasteiger charge is 2.45. The summed E-state index contributed by atoms with van der Waals surface area (Å²) < 4.78 is 46.5. The summed E-state index contributed by atoms with van der Waals surface area (Å²) in [5.41, 5.74) is 1.05. The van der Waals surface area contributed by atoms with Gasteiger partial charge in [0, 0.05) is 32.6 Å². The lowest BCUT2D eigenvalue weighted by atomic mass is 9.88. The fourth-order valence-corrected chi connectivity index (χ4v) is 5.94. The van der Waals surface area contributed by atoms with Gasteiger partial charge in [0.25, 0.3) is 0 Å². The Balaban J connectivity index is 1.53. The second-order valence-electron chi connectivity index (χ2n) is 7.60. The molecule has 0 bridgehead atoms. The van der Waals surface area contributed by atoms with Crippen molar-refractivity contribution >= 4 is 15.9 Å². The lowest BCUT2D eigenvalue weighted by Gasteiger charge is -2.34. The molecule has 1 amide bonds. The molecule has 2 aromatic rings. The third kappa shape index (κ3) is 3.86. The molecule has 0 radical (unpaired) electrons. The quantitative estimate of drug-likeness (QED) is 0.748. The molecule has 4 rings (SSSR count). The predicted octanol–water partition coefficient (Wildman–Crippen LogP) is 2.50. The van der Waals surface area contributed by atoms with Gasteiger partial charge in [-0.05, 0) is 35.6 Å². The number of rotatable bonds is 5. The maximum atomic E-state index is 13.7. The summed E-state index contributed by atoms with van der Waals surface area (Å²) in [6.45, 7) is 1.61. The van der Waals surface area contributed by atoms with Gasteiger partial charge in [0.2, 0.25) is 15.9 Å². The van der Waals surface area contributed by atoms with Gasteiger partial charge in [-0.3, -0.25) is 4.79 Å². The van der Waals surface area contributed by atoms with Crippen LogP contribution in [0.3, 0.4) is 0 Å². The topological polar surface area (TPSA) is 66.9 Å². The molecule has 0 aliphatic carbocycles. The number of hydrogen-bond donors (Lipinski definition) is 0. The fraction of sp³-hybridized carbons (Fsp3) is 0.381. The van der Waals surface area contributed by atoms with Crippen molar-refractivity contribution in [3.63, 3.8) is 0 Å². The van der Waals surface area contributed by atoms with Gasteiger partial charge in [0.05, 0.1) is 7.11 Å². The SMILES string of the molecule is COc1ccc(F)cc1S(=O)(=O)N1C[C@H]2CN(Cc3ccccc3)C(=O)C[C@H]2C1. The Hall–Kier alpha value is -2.45. The van der Waals surface area contributed by atoms with E-state index in [-0.39, 0.29) is 34.9 Å². The van der Waals surface area contributed by atoms with Gasteiger partial charge in [-0.2, -0.15) is 4.31 Å². The first-order valence-electron chi connectivity index (χ1n) is 9.54. The second kappa shape index (κ2) is 7.76. The number of piperidine rings is 1. The van der Waals surface area contributed by atoms with Crippen LogP contribution in [0, 0.1) is 17.7 Å². The molecule has 0 unspecified atom stereocenters. The number of carbonyl (C=O) groups excluding carboxylic acids is 1. The van der Waals surface area contributed by atoms with Crippen LogP contribution in [-0.4, -0.2) is 50.3 Å². The number of nitrogens with zero attached hydrogens (tertiary/aromatic N) is 2. The second-order valence-corrected chi connectivity index (χ2v) is 9.51. The van der Waals surface area contributed by atoms with E-state index in [0.29, 0.717) is 26.1 Å². The lowest BCUT2D eigenvalue weighted by molar-refractivity contribution is -0.136. The van der Waals surface area contributed by atoms with Crippen LogP contribution in [0.4, 0.5) is 4.39 Å². The molecule has 2 aliphatic rings. The Morgan fingerprint density at radius 1 is 1.07 bits per heavy atom. The fourth-order valence-electron chi connectivity index (χ4n) is 4.22. The number of methoxy groups -OCH3 is 1. The Morgan fingerprint density at radius 3 is 2.52 bits per heavy atom. The molecule has 8 heteroatoms. The molecule has 2 heterocycles. The molecule has 2 fully saturated rings. The third-order valence-electron chi connectivity index (χ3n) is 5.75. The van der Waals surface area contributed by atoms with Crippen molar-refractivity contribution in [3.05, 3.63) is 59.9 Å². The number of fused-ring (bicyclic) bond motifs is 1. The van der Waals surface area contributed by atoms with E-state index in [0.717, 1.165) is 11.6 Å². The molecule has 2 aromatic carbocycles. The van der Waals surface area contributed by atoms with Crippen molar-refractivity contribution in [3.8, 4) is 5.75 Å². The van der Waals surface area contributed by atoms with E-state index in [1.165, 1.54) is 23.5 Å². The number of sulfonamides is 1. The highest BCUT2D eigenvalue weighted by molar-refractivity contribution is 7.89. The first-order chi connectivity index (χ1) is 13.9. The Morgan fingerprint density at radius 2 is 1.79 bits per heavy atom. The Kier molecular flexibility index (Phi) is 5.31. The minimum Gasteiger partial charge on any atom is -0.495 e. The van der Waals surface area contributed by atoms with Crippen molar-refractivity contribution < 1.29 is 22.3 Å². The number of halogens is 1. The van der Waals surface area contributed by atoms with E-state index >= 15 is 0 Å². The number of carbonyl (C=O) groups is 1. The van der Waals surface area contributed by atoms with E-state index in [2.05, 4.69) is 0 Å². The first kappa shape index (κ1) is 19.8. The van der Waals surface area contributed by atoms with Gasteiger partial charge < -0.3 is 9.64 Å². The average molecular weight is 418 g/mol. The molecule has 0 aromatic heterocycles. The van der Waals surface area contributed by atoms with E-state index in [1.807, 2.05) is 30.3 Å². The molecule has 2 atom stereocenters. The monoisotopic (exact) mass is 418 g/mol. The summed E-state index contributed by atoms with van der Waals surface area (Å²) in [6, 6.07) is 13.2. The van der Waals surface area contributed by atoms with Crippen LogP contribution in [0.1, 0.15) is 12.0 Å². The van der Waals surface area contributed by atoms with Gasteiger partial charge in [-0.25, -0.2) is 12.8 Å². The number of benzene rings is 2. The molecule has 6 nitrogen and oxygen atoms in total. The maximum absolute atomic E-state index is 13.7. The van der Waals surface area contributed by atoms with Gasteiger partial charge in [0.15, 0.2) is 0 Å². The van der Waals surface area contributed by atoms with Crippen LogP contribution in [0.2, 0.25) is 0 Å². The predicted molar refractivity (Wildman–Crippen MR) is 105 cm³/mol. The zero-order valence-corrected chi connectivity index (χ0v) is 16.9. The molecule has 2 aliphatic heterocycles. The van der Waals surface area contributed by atoms with Crippen LogP contribution < -0.4 is 4.74 Å². The Bertz CT molecular complexity index is 1010. The van der Waals surface area contributed by atoms with Gasteiger partial charge in [0.1, 0.15) is 16.5 Å². The molecule has 29 heavy (non-hydrogen) atoms. The highest BCUT2D eigenvalue weighted by Crippen LogP contribution is 2.37. The molecule has 0 N–H and O–H groups in total. The zero-order valence-electron chi connectivity index (χ0n) is 16.1. The van der Waals surface area contributed by atoms with Crippen LogP contribution in [0.5, 0.6) is 5.75 Å². The Labute approximate surface area is 169 Å². The first-order valence-corrected chi connectivity index (χ1v) is 11.0. The normalized spacial score (nSPS) is 22.6. The number of amides is 1. The number of hydrogen-bond acceptors (Lipinski definition) is 4. The molecular formula is C21H23FN2O4S. The minimum atomic E-state index is -3.92. The summed E-state index contributed by atoms with van der Waals surface area (Å²) in [6.07, 6.45) is 0.323. The molecular weight excluding hydrogens is 395 g/mol. The van der Waals surface area contributed by atoms with E-state index in [4.69, 9.17) is 4.74 Å². The number of likely N-dealkylation sites (tertiary alicyclic amines) is 1. The van der Waals surface area contributed by atoms with Crippen molar-refractivity contribution in [1.82, 2.24) is 9.21 Å². The van der Waals surface area contributed by atoms with Crippen molar-refractivity contribution in [2.75, 3.05) is 26.7 Å². The van der Waals surface area contributed by atoms with Gasteiger partial charge >= 0.3 is 0 Å². The zero-order chi connectivity index (χ0) is 20.6. The van der Waals surface area contributed by atoms with E-state index in [1.54, 1.807) is 4.90 Å². The average Bonchev–Trinajstić information content (AvgIpc) is 3.12. The summed E-state index contributed by atoms with van der Waals surface area (Å²) in [7, 11) is -2.56. The van der Waals surface area contributed by atoms with Crippen LogP contribution >= 0.6 is 0 Å². The summed E-state index contributed by atoms with van der Waals surface area (Å²) in [5, 5.41) is 0. The van der Waals surface area contributed by atoms with E-state index in [9.17, 15) is 17.6 Å². The molecule has 2 saturated heterocycles. The van der Waals surface area contributed by atoms with Crippen molar-refractivity contribution in [1.29, 1.82) is 0 Å². The van der Waals surface area contributed by atoms with Gasteiger partial charge in [-0.1, -0.05) is 30.3 Å². The van der Waals surface area contributed by atoms with Gasteiger partial charge in [-0.15, -0.1) is 0 Å². The third-order valence-corrected chi connectivity index (χ3v) is 7.60. The van der Waals surface area contributed by atoms with Crippen LogP contribution in [0.25, 0.3) is 0 Å². The maximum Gasteiger partial charge on any atom is 0.246 e.